The van der Waals surface area contributed by atoms with Crippen molar-refractivity contribution in [1.82, 2.24) is 0 Å². The summed E-state index contributed by atoms with van der Waals surface area (Å²) in [5.41, 5.74) is 0. The third-order valence-electron chi connectivity index (χ3n) is 1.81. The second kappa shape index (κ2) is 6.51. The van der Waals surface area contributed by atoms with E-state index in [1.807, 2.05) is 0 Å². The first-order valence-corrected chi connectivity index (χ1v) is 4.26. The maximum atomic E-state index is 10.9. The van der Waals surface area contributed by atoms with Gasteiger partial charge in [-0.3, -0.25) is 9.59 Å². The van der Waals surface area contributed by atoms with Gasteiger partial charge in [0.15, 0.2) is 5.78 Å². The lowest BCUT2D eigenvalue weighted by atomic mass is 9.99. The molecule has 16 heavy (non-hydrogen) atoms. The summed E-state index contributed by atoms with van der Waals surface area (Å²) in [6, 6.07) is 0. The van der Waals surface area contributed by atoms with Gasteiger partial charge in [-0.2, -0.15) is 0 Å². The third kappa shape index (κ3) is 4.21. The van der Waals surface area contributed by atoms with E-state index in [4.69, 9.17) is 30.6 Å². The second-order valence-electron chi connectivity index (χ2n) is 3.06. The Kier molecular flexibility index (Phi) is 6.08. The normalized spacial score (nSPS) is 18.6. The first-order chi connectivity index (χ1) is 7.31. The van der Waals surface area contributed by atoms with Crippen molar-refractivity contribution in [2.24, 2.45) is 0 Å². The van der Waals surface area contributed by atoms with Crippen LogP contribution in [0.4, 0.5) is 0 Å². The number of Topliss-reactive ketones (excluding diaryl/α,β-unsaturated/α-hetero) is 1. The minimum Gasteiger partial charge on any atom is -0.481 e. The van der Waals surface area contributed by atoms with Crippen molar-refractivity contribution in [2.45, 2.75) is 24.4 Å². The van der Waals surface area contributed by atoms with E-state index in [2.05, 4.69) is 0 Å². The van der Waals surface area contributed by atoms with Crippen LogP contribution in [0.15, 0.2) is 0 Å². The molecule has 0 aromatic rings. The molecular weight excluding hydrogens is 224 g/mol. The molecule has 8 heteroatoms. The molecule has 0 spiro atoms. The topological polar surface area (TPSA) is 156 Å². The van der Waals surface area contributed by atoms with Gasteiger partial charge in [0, 0.05) is 0 Å². The largest absolute Gasteiger partial charge is 0.481 e. The Morgan fingerprint density at radius 2 is 1.56 bits per heavy atom. The number of hydrogen-bond donors (Lipinski definition) is 6. The Morgan fingerprint density at radius 3 is 1.94 bits per heavy atom. The number of rotatable bonds is 7. The maximum Gasteiger partial charge on any atom is 0.315 e. The molecule has 0 bridgehead atoms. The van der Waals surface area contributed by atoms with Crippen molar-refractivity contribution in [3.8, 4) is 0 Å². The number of ketones is 1. The van der Waals surface area contributed by atoms with E-state index in [0.717, 1.165) is 0 Å². The molecule has 0 aliphatic carbocycles. The highest BCUT2D eigenvalue weighted by molar-refractivity contribution is 6.08. The molecule has 1 radical (unpaired) electrons. The van der Waals surface area contributed by atoms with E-state index in [-0.39, 0.29) is 6.42 Å². The van der Waals surface area contributed by atoms with Crippen LogP contribution in [0.1, 0.15) is 0 Å². The molecule has 0 aliphatic rings. The monoisotopic (exact) mass is 237 g/mol. The quantitative estimate of drug-likeness (QED) is 0.247. The molecule has 0 unspecified atom stereocenters. The van der Waals surface area contributed by atoms with Gasteiger partial charge in [-0.05, 0) is 0 Å². The molecule has 0 saturated carbocycles. The highest BCUT2D eigenvalue weighted by Gasteiger charge is 2.34. The van der Waals surface area contributed by atoms with Crippen LogP contribution in [-0.4, -0.2) is 73.4 Å². The molecule has 0 amide bonds. The van der Waals surface area contributed by atoms with Gasteiger partial charge in [0.25, 0.3) is 0 Å². The summed E-state index contributed by atoms with van der Waals surface area (Å²) < 4.78 is 0. The van der Waals surface area contributed by atoms with Gasteiger partial charge < -0.3 is 30.6 Å². The van der Waals surface area contributed by atoms with Crippen molar-refractivity contribution >= 4 is 11.8 Å². The molecule has 0 aromatic heterocycles. The zero-order valence-corrected chi connectivity index (χ0v) is 8.09. The number of hydrogen-bond acceptors (Lipinski definition) is 7. The number of carbonyl (C=O) groups excluding carboxylic acids is 1. The number of aliphatic carboxylic acids is 1. The van der Waals surface area contributed by atoms with Crippen LogP contribution in [0.2, 0.25) is 0 Å². The average molecular weight is 237 g/mol. The van der Waals surface area contributed by atoms with Crippen molar-refractivity contribution in [3.05, 3.63) is 6.42 Å². The first-order valence-electron chi connectivity index (χ1n) is 4.26. The third-order valence-corrected chi connectivity index (χ3v) is 1.81. The van der Waals surface area contributed by atoms with E-state index in [1.54, 1.807) is 0 Å². The van der Waals surface area contributed by atoms with Crippen molar-refractivity contribution in [1.29, 1.82) is 0 Å². The molecule has 93 valence electrons. The smallest absolute Gasteiger partial charge is 0.315 e. The summed E-state index contributed by atoms with van der Waals surface area (Å²) in [5, 5.41) is 52.9. The number of carboxylic acids is 1. The van der Waals surface area contributed by atoms with Crippen molar-refractivity contribution < 1.29 is 40.2 Å². The van der Waals surface area contributed by atoms with Gasteiger partial charge in [0.2, 0.25) is 0 Å². The molecule has 0 heterocycles. The highest BCUT2D eigenvalue weighted by Crippen LogP contribution is 2.07. The van der Waals surface area contributed by atoms with Crippen LogP contribution in [-0.2, 0) is 9.59 Å². The van der Waals surface area contributed by atoms with Crippen LogP contribution < -0.4 is 0 Å². The van der Waals surface area contributed by atoms with Gasteiger partial charge in [-0.1, -0.05) is 0 Å². The average Bonchev–Trinajstić information content (AvgIpc) is 2.23. The lowest BCUT2D eigenvalue weighted by Crippen LogP contribution is -2.49. The summed E-state index contributed by atoms with van der Waals surface area (Å²) in [6.07, 6.45) is -7.88. The molecule has 8 nitrogen and oxygen atoms in total. The van der Waals surface area contributed by atoms with Crippen LogP contribution in [0, 0.1) is 6.42 Å². The predicted octanol–water partition coefficient (Wildman–Crippen LogP) is -3.72. The number of carbonyl (C=O) groups is 2. The predicted molar refractivity (Wildman–Crippen MR) is 48.1 cm³/mol. The van der Waals surface area contributed by atoms with Gasteiger partial charge in [-0.25, -0.2) is 0 Å². The Morgan fingerprint density at radius 1 is 1.06 bits per heavy atom. The SMILES string of the molecule is O=C(O)[CH]C(=O)[C@H](O)[C@@H](O)[C@H](O)[C@H](O)CO. The Labute approximate surface area is 90.4 Å². The minimum atomic E-state index is -2.19. The fraction of sp³-hybridized carbons (Fsp3) is 0.625. The van der Waals surface area contributed by atoms with Gasteiger partial charge in [0.1, 0.15) is 30.8 Å². The second-order valence-corrected chi connectivity index (χ2v) is 3.06. The zero-order valence-electron chi connectivity index (χ0n) is 8.09. The summed E-state index contributed by atoms with van der Waals surface area (Å²) in [7, 11) is 0. The molecule has 0 aromatic carbocycles. The molecule has 0 aliphatic heterocycles. The van der Waals surface area contributed by atoms with Crippen LogP contribution >= 0.6 is 0 Å². The van der Waals surface area contributed by atoms with Crippen LogP contribution in [0.3, 0.4) is 0 Å². The highest BCUT2D eigenvalue weighted by atomic mass is 16.4. The molecular formula is C8H13O8. The van der Waals surface area contributed by atoms with Gasteiger partial charge in [-0.15, -0.1) is 0 Å². The lowest BCUT2D eigenvalue weighted by molar-refractivity contribution is -0.147. The summed E-state index contributed by atoms with van der Waals surface area (Å²) >= 11 is 0. The molecule has 0 saturated heterocycles. The fourth-order valence-corrected chi connectivity index (χ4v) is 0.898. The van der Waals surface area contributed by atoms with Crippen molar-refractivity contribution in [3.63, 3.8) is 0 Å². The van der Waals surface area contributed by atoms with E-state index < -0.39 is 42.8 Å². The fourth-order valence-electron chi connectivity index (χ4n) is 0.898. The van der Waals surface area contributed by atoms with E-state index in [9.17, 15) is 9.59 Å². The number of aliphatic hydroxyl groups is 5. The first kappa shape index (κ1) is 14.9. The molecule has 6 N–H and O–H groups in total. The Hall–Kier alpha value is -1.06. The summed E-state index contributed by atoms with van der Waals surface area (Å²) in [4.78, 5) is 21.0. The van der Waals surface area contributed by atoms with Crippen LogP contribution in [0.25, 0.3) is 0 Å². The van der Waals surface area contributed by atoms with Gasteiger partial charge >= 0.3 is 5.97 Å². The summed E-state index contributed by atoms with van der Waals surface area (Å²) in [6.45, 7) is -0.887. The van der Waals surface area contributed by atoms with Crippen molar-refractivity contribution in [2.75, 3.05) is 6.61 Å². The minimum absolute atomic E-state index is 0.117. The molecule has 0 rings (SSSR count). The molecule has 0 fully saturated rings. The Balaban J connectivity index is 4.42. The standard InChI is InChI=1S/C8H13O8/c9-2-4(11)7(15)8(16)6(14)3(10)1-5(12)13/h1,4,6-9,11,14-16H,2H2,(H,12,13)/t4-,6+,7-,8-/m1/s1. The van der Waals surface area contributed by atoms with E-state index >= 15 is 0 Å². The zero-order chi connectivity index (χ0) is 12.9. The van der Waals surface area contributed by atoms with Crippen LogP contribution in [0.5, 0.6) is 0 Å². The molecule has 4 atom stereocenters. The van der Waals surface area contributed by atoms with E-state index in [1.165, 1.54) is 0 Å². The van der Waals surface area contributed by atoms with Gasteiger partial charge in [0.05, 0.1) is 6.61 Å². The van der Waals surface area contributed by atoms with E-state index in [0.29, 0.717) is 0 Å². The maximum absolute atomic E-state index is 10.9. The Bertz CT molecular complexity index is 252. The summed E-state index contributed by atoms with van der Waals surface area (Å²) in [5.74, 6) is -2.95. The number of aliphatic hydroxyl groups excluding tert-OH is 5. The lowest BCUT2D eigenvalue weighted by Gasteiger charge is -2.24. The number of carboxylic acid groups (broad SMARTS) is 1.